The lowest BCUT2D eigenvalue weighted by Gasteiger charge is -2.32. The number of nitrogens with zero attached hydrogens (tertiary/aromatic N) is 2. The molecule has 0 radical (unpaired) electrons. The Bertz CT molecular complexity index is 938. The number of nitrogen functional groups attached to an aromatic ring is 1. The Morgan fingerprint density at radius 2 is 1.93 bits per heavy atom. The fourth-order valence-corrected chi connectivity index (χ4v) is 3.91. The van der Waals surface area contributed by atoms with Crippen molar-refractivity contribution in [3.05, 3.63) is 53.6 Å². The van der Waals surface area contributed by atoms with E-state index in [0.717, 1.165) is 36.2 Å². The van der Waals surface area contributed by atoms with Crippen molar-refractivity contribution in [1.82, 2.24) is 0 Å². The van der Waals surface area contributed by atoms with Gasteiger partial charge in [0.15, 0.2) is 0 Å². The van der Waals surface area contributed by atoms with Gasteiger partial charge in [0, 0.05) is 37.0 Å². The minimum absolute atomic E-state index is 0. The second kappa shape index (κ2) is 7.75. The normalized spacial score (nSPS) is 18.6. The van der Waals surface area contributed by atoms with Gasteiger partial charge in [-0.2, -0.15) is 0 Å². The predicted molar refractivity (Wildman–Crippen MR) is 106 cm³/mol. The molecule has 5 nitrogen and oxygen atoms in total. The molecule has 2 N–H and O–H groups in total. The third-order valence-corrected chi connectivity index (χ3v) is 5.23. The summed E-state index contributed by atoms with van der Waals surface area (Å²) in [5.74, 6) is -2.61. The molecule has 1 unspecified atom stereocenters. The number of fused-ring (bicyclic) bond motifs is 1. The number of carbonyl (C=O) groups is 2. The van der Waals surface area contributed by atoms with Gasteiger partial charge >= 0.3 is 0 Å². The molecular formula is C20H20ClF2N3O2. The quantitative estimate of drug-likeness (QED) is 0.777. The summed E-state index contributed by atoms with van der Waals surface area (Å²) in [5, 5.41) is 0. The Balaban J connectivity index is 0.00000225. The van der Waals surface area contributed by atoms with Crippen LogP contribution in [0, 0.1) is 17.6 Å². The molecule has 2 amide bonds. The van der Waals surface area contributed by atoms with Gasteiger partial charge in [0.2, 0.25) is 11.8 Å². The van der Waals surface area contributed by atoms with Crippen LogP contribution in [0.2, 0.25) is 0 Å². The number of anilines is 3. The van der Waals surface area contributed by atoms with Crippen LogP contribution in [0.25, 0.3) is 0 Å². The monoisotopic (exact) mass is 407 g/mol. The van der Waals surface area contributed by atoms with E-state index in [-0.39, 0.29) is 42.9 Å². The molecule has 2 aromatic carbocycles. The lowest BCUT2D eigenvalue weighted by molar-refractivity contribution is -0.124. The fraction of sp³-hybridized carbons (Fsp3) is 0.300. The lowest BCUT2D eigenvalue weighted by Crippen LogP contribution is -2.40. The van der Waals surface area contributed by atoms with Crippen molar-refractivity contribution in [3.63, 3.8) is 0 Å². The van der Waals surface area contributed by atoms with Crippen molar-refractivity contribution in [2.75, 3.05) is 28.6 Å². The molecule has 0 aromatic heterocycles. The first-order valence-corrected chi connectivity index (χ1v) is 8.90. The van der Waals surface area contributed by atoms with Crippen LogP contribution in [-0.4, -0.2) is 24.9 Å². The van der Waals surface area contributed by atoms with Crippen LogP contribution in [0.15, 0.2) is 36.4 Å². The maximum Gasteiger partial charge on any atom is 0.232 e. The topological polar surface area (TPSA) is 66.6 Å². The van der Waals surface area contributed by atoms with E-state index < -0.39 is 17.6 Å². The summed E-state index contributed by atoms with van der Waals surface area (Å²) in [6.07, 6.45) is 1.61. The predicted octanol–water partition coefficient (Wildman–Crippen LogP) is 3.30. The van der Waals surface area contributed by atoms with E-state index in [1.165, 1.54) is 11.0 Å². The second-order valence-electron chi connectivity index (χ2n) is 6.94. The third-order valence-electron chi connectivity index (χ3n) is 5.23. The SMILES string of the molecule is Cl.Nc1cccc2c1CCCN2C(=O)C1CC(=O)N(c2ccc(F)cc2F)C1. The molecule has 2 aromatic rings. The maximum absolute atomic E-state index is 14.1. The molecule has 0 bridgehead atoms. The summed E-state index contributed by atoms with van der Waals surface area (Å²) in [5.41, 5.74) is 8.42. The zero-order valence-corrected chi connectivity index (χ0v) is 15.8. The van der Waals surface area contributed by atoms with Crippen LogP contribution in [0.1, 0.15) is 18.4 Å². The van der Waals surface area contributed by atoms with E-state index in [9.17, 15) is 18.4 Å². The van der Waals surface area contributed by atoms with Gasteiger partial charge in [0.05, 0.1) is 11.6 Å². The molecule has 0 spiro atoms. The highest BCUT2D eigenvalue weighted by Gasteiger charge is 2.39. The van der Waals surface area contributed by atoms with Crippen LogP contribution < -0.4 is 15.5 Å². The van der Waals surface area contributed by atoms with E-state index in [0.29, 0.717) is 12.2 Å². The first-order valence-electron chi connectivity index (χ1n) is 8.90. The van der Waals surface area contributed by atoms with Gasteiger partial charge in [0.1, 0.15) is 11.6 Å². The zero-order chi connectivity index (χ0) is 19.1. The number of hydrogen-bond donors (Lipinski definition) is 1. The molecule has 2 heterocycles. The Labute approximate surface area is 167 Å². The fourth-order valence-electron chi connectivity index (χ4n) is 3.91. The minimum Gasteiger partial charge on any atom is -0.398 e. The third kappa shape index (κ3) is 3.42. The van der Waals surface area contributed by atoms with Crippen LogP contribution in [0.5, 0.6) is 0 Å². The van der Waals surface area contributed by atoms with Crippen LogP contribution >= 0.6 is 12.4 Å². The number of nitrogens with two attached hydrogens (primary N) is 1. The molecule has 28 heavy (non-hydrogen) atoms. The van der Waals surface area contributed by atoms with Gasteiger partial charge in [-0.1, -0.05) is 6.07 Å². The van der Waals surface area contributed by atoms with E-state index in [1.54, 1.807) is 11.0 Å². The summed E-state index contributed by atoms with van der Waals surface area (Å²) < 4.78 is 27.2. The van der Waals surface area contributed by atoms with Gasteiger partial charge in [0.25, 0.3) is 0 Å². The Morgan fingerprint density at radius 1 is 1.14 bits per heavy atom. The number of benzene rings is 2. The van der Waals surface area contributed by atoms with Crippen molar-refractivity contribution < 1.29 is 18.4 Å². The second-order valence-corrected chi connectivity index (χ2v) is 6.94. The summed E-state index contributed by atoms with van der Waals surface area (Å²) >= 11 is 0. The summed E-state index contributed by atoms with van der Waals surface area (Å²) in [6, 6.07) is 8.54. The van der Waals surface area contributed by atoms with Gasteiger partial charge in [-0.25, -0.2) is 8.78 Å². The number of halogens is 3. The lowest BCUT2D eigenvalue weighted by atomic mass is 9.97. The van der Waals surface area contributed by atoms with Gasteiger partial charge in [-0.3, -0.25) is 9.59 Å². The number of carbonyl (C=O) groups excluding carboxylic acids is 2. The Hall–Kier alpha value is -2.67. The van der Waals surface area contributed by atoms with Crippen molar-refractivity contribution in [2.24, 2.45) is 5.92 Å². The number of amides is 2. The molecule has 2 aliphatic rings. The standard InChI is InChI=1S/C20H19F2N3O2.ClH/c21-13-6-7-18(15(22)10-13)25-11-12(9-19(25)26)20(27)24-8-2-3-14-16(23)4-1-5-17(14)24;/h1,4-7,10,12H,2-3,8-9,11,23H2;1H. The molecule has 0 saturated carbocycles. The summed E-state index contributed by atoms with van der Waals surface area (Å²) in [7, 11) is 0. The summed E-state index contributed by atoms with van der Waals surface area (Å²) in [4.78, 5) is 28.4. The average molecular weight is 408 g/mol. The van der Waals surface area contributed by atoms with Crippen molar-refractivity contribution >= 4 is 41.3 Å². The molecule has 1 saturated heterocycles. The van der Waals surface area contributed by atoms with Crippen molar-refractivity contribution in [1.29, 1.82) is 0 Å². The molecule has 148 valence electrons. The van der Waals surface area contributed by atoms with E-state index in [2.05, 4.69) is 0 Å². The molecule has 4 rings (SSSR count). The van der Waals surface area contributed by atoms with Gasteiger partial charge in [-0.15, -0.1) is 12.4 Å². The molecule has 0 aliphatic carbocycles. The van der Waals surface area contributed by atoms with E-state index in [4.69, 9.17) is 5.73 Å². The molecule has 1 atom stereocenters. The van der Waals surface area contributed by atoms with E-state index >= 15 is 0 Å². The van der Waals surface area contributed by atoms with Crippen LogP contribution in [0.4, 0.5) is 25.8 Å². The average Bonchev–Trinajstić information content (AvgIpc) is 3.03. The van der Waals surface area contributed by atoms with Gasteiger partial charge < -0.3 is 15.5 Å². The Kier molecular flexibility index (Phi) is 5.56. The smallest absolute Gasteiger partial charge is 0.232 e. The minimum atomic E-state index is -0.812. The molecule has 1 fully saturated rings. The summed E-state index contributed by atoms with van der Waals surface area (Å²) in [6.45, 7) is 0.638. The highest BCUT2D eigenvalue weighted by molar-refractivity contribution is 6.05. The zero-order valence-electron chi connectivity index (χ0n) is 15.0. The molecule has 8 heteroatoms. The van der Waals surface area contributed by atoms with E-state index in [1.807, 2.05) is 12.1 Å². The number of hydrogen-bond acceptors (Lipinski definition) is 3. The first kappa shape index (κ1) is 20.1. The largest absolute Gasteiger partial charge is 0.398 e. The number of rotatable bonds is 2. The highest BCUT2D eigenvalue weighted by Crippen LogP contribution is 2.34. The first-order chi connectivity index (χ1) is 13.0. The van der Waals surface area contributed by atoms with Crippen LogP contribution in [0.3, 0.4) is 0 Å². The maximum atomic E-state index is 14.1. The molecular weight excluding hydrogens is 388 g/mol. The highest BCUT2D eigenvalue weighted by atomic mass is 35.5. The van der Waals surface area contributed by atoms with Gasteiger partial charge in [-0.05, 0) is 42.7 Å². The molecule has 2 aliphatic heterocycles. The Morgan fingerprint density at radius 3 is 2.68 bits per heavy atom. The van der Waals surface area contributed by atoms with Crippen molar-refractivity contribution in [2.45, 2.75) is 19.3 Å². The van der Waals surface area contributed by atoms with Crippen LogP contribution in [-0.2, 0) is 16.0 Å². The van der Waals surface area contributed by atoms with Crippen molar-refractivity contribution in [3.8, 4) is 0 Å².